The van der Waals surface area contributed by atoms with Crippen molar-refractivity contribution in [2.24, 2.45) is 5.14 Å². The molecule has 3 N–H and O–H groups in total. The molecule has 13 heteroatoms. The molecule has 1 heterocycles. The predicted octanol–water partition coefficient (Wildman–Crippen LogP) is -0.261. The van der Waals surface area contributed by atoms with Crippen molar-refractivity contribution in [1.82, 2.24) is 0 Å². The maximum atomic E-state index is 11.4. The lowest BCUT2D eigenvalue weighted by atomic mass is 10.2. The van der Waals surface area contributed by atoms with Gasteiger partial charge in [-0.25, -0.2) is 17.7 Å². The fraction of sp³-hybridized carbons (Fsp3) is 0.400. The molecule has 0 saturated heterocycles. The molecule has 1 aromatic carbocycles. The number of benzene rings is 1. The zero-order valence-corrected chi connectivity index (χ0v) is 13.4. The lowest BCUT2D eigenvalue weighted by molar-refractivity contribution is -0.384. The van der Waals surface area contributed by atoms with Crippen LogP contribution in [0.25, 0.3) is 0 Å². The largest absolute Gasteiger partial charge is 0.486 e. The Hall–Kier alpha value is -1.96. The molecule has 128 valence electrons. The van der Waals surface area contributed by atoms with Crippen molar-refractivity contribution in [3.05, 3.63) is 22.2 Å². The van der Waals surface area contributed by atoms with Crippen LogP contribution in [-0.4, -0.2) is 40.3 Å². The summed E-state index contributed by atoms with van der Waals surface area (Å²) < 4.78 is 55.6. The summed E-state index contributed by atoms with van der Waals surface area (Å²) in [6, 6.07) is 1.76. The maximum absolute atomic E-state index is 11.4. The van der Waals surface area contributed by atoms with E-state index in [1.807, 2.05) is 0 Å². The van der Waals surface area contributed by atoms with Crippen LogP contribution < -0.4 is 15.2 Å². The number of anilines is 1. The molecule has 11 nitrogen and oxygen atoms in total. The van der Waals surface area contributed by atoms with Gasteiger partial charge in [0.15, 0.2) is 17.7 Å². The molecular weight excluding hydrogens is 354 g/mol. The van der Waals surface area contributed by atoms with Gasteiger partial charge in [-0.15, -0.1) is 0 Å². The van der Waals surface area contributed by atoms with Gasteiger partial charge in [0.05, 0.1) is 15.6 Å². The number of nitrogens with one attached hydrogen (secondary N) is 1. The summed E-state index contributed by atoms with van der Waals surface area (Å²) in [5.74, 6) is -0.429. The highest BCUT2D eigenvalue weighted by Gasteiger charge is 2.32. The van der Waals surface area contributed by atoms with Crippen LogP contribution in [0.5, 0.6) is 5.75 Å². The van der Waals surface area contributed by atoms with Gasteiger partial charge >= 0.3 is 0 Å². The van der Waals surface area contributed by atoms with Gasteiger partial charge in [-0.3, -0.25) is 10.1 Å². The second-order valence-corrected chi connectivity index (χ2v) is 7.95. The summed E-state index contributed by atoms with van der Waals surface area (Å²) in [7, 11) is -7.99. The smallest absolute Gasteiger partial charge is 0.297 e. The average molecular weight is 367 g/mol. The summed E-state index contributed by atoms with van der Waals surface area (Å²) in [4.78, 5) is 9.77. The summed E-state index contributed by atoms with van der Waals surface area (Å²) in [6.45, 7) is 1.07. The first-order valence-electron chi connectivity index (χ1n) is 6.19. The second kappa shape index (κ2) is 5.92. The number of ether oxygens (including phenoxy) is 1. The monoisotopic (exact) mass is 367 g/mol. The minimum Gasteiger partial charge on any atom is -0.486 e. The lowest BCUT2D eigenvalue weighted by Gasteiger charge is -2.26. The van der Waals surface area contributed by atoms with Crippen LogP contribution in [0.1, 0.15) is 6.92 Å². The number of sulfonamides is 1. The molecule has 0 unspecified atom stereocenters. The third-order valence-electron chi connectivity index (χ3n) is 2.89. The average Bonchev–Trinajstić information content (AvgIpc) is 2.44. The topological polar surface area (TPSA) is 168 Å². The minimum absolute atomic E-state index is 0.142. The van der Waals surface area contributed by atoms with Crippen molar-refractivity contribution >= 4 is 31.5 Å². The highest BCUT2D eigenvalue weighted by atomic mass is 32.2. The SMILES string of the molecule is CCS(=O)(=O)O[C@H]1COc2cc(S(N)(=O)=O)cc([N+](=O)[O-])c2N1. The Morgan fingerprint density at radius 2 is 2.09 bits per heavy atom. The quantitative estimate of drug-likeness (QED) is 0.404. The molecule has 0 spiro atoms. The van der Waals surface area contributed by atoms with Crippen molar-refractivity contribution in [1.29, 1.82) is 0 Å². The number of nitrogens with zero attached hydrogens (tertiary/aromatic N) is 1. The molecule has 0 amide bonds. The Morgan fingerprint density at radius 3 is 2.61 bits per heavy atom. The van der Waals surface area contributed by atoms with Crippen LogP contribution in [0.2, 0.25) is 0 Å². The van der Waals surface area contributed by atoms with E-state index in [0.29, 0.717) is 0 Å². The number of rotatable bonds is 5. The number of hydrogen-bond acceptors (Lipinski definition) is 9. The minimum atomic E-state index is -4.18. The Balaban J connectivity index is 2.45. The van der Waals surface area contributed by atoms with E-state index in [0.717, 1.165) is 12.1 Å². The van der Waals surface area contributed by atoms with Crippen molar-refractivity contribution in [2.75, 3.05) is 17.7 Å². The lowest BCUT2D eigenvalue weighted by Crippen LogP contribution is -2.36. The van der Waals surface area contributed by atoms with Crippen molar-refractivity contribution < 1.29 is 30.7 Å². The number of primary sulfonamides is 1. The van der Waals surface area contributed by atoms with Gasteiger partial charge in [0.2, 0.25) is 10.0 Å². The third kappa shape index (κ3) is 3.87. The molecule has 2 rings (SSSR count). The van der Waals surface area contributed by atoms with E-state index in [4.69, 9.17) is 14.1 Å². The molecule has 23 heavy (non-hydrogen) atoms. The van der Waals surface area contributed by atoms with E-state index in [1.54, 1.807) is 0 Å². The van der Waals surface area contributed by atoms with Gasteiger partial charge in [-0.05, 0) is 6.92 Å². The molecule has 0 saturated carbocycles. The Morgan fingerprint density at radius 1 is 1.43 bits per heavy atom. The maximum Gasteiger partial charge on any atom is 0.297 e. The van der Waals surface area contributed by atoms with Crippen molar-refractivity contribution in [2.45, 2.75) is 18.0 Å². The number of nitro groups is 1. The van der Waals surface area contributed by atoms with Gasteiger partial charge in [-0.1, -0.05) is 0 Å². The van der Waals surface area contributed by atoms with E-state index in [-0.39, 0.29) is 23.8 Å². The summed E-state index contributed by atoms with van der Waals surface area (Å²) in [6.07, 6.45) is -1.17. The van der Waals surface area contributed by atoms with Gasteiger partial charge < -0.3 is 10.1 Å². The molecule has 1 aliphatic heterocycles. The molecule has 0 aromatic heterocycles. The van der Waals surface area contributed by atoms with E-state index in [2.05, 4.69) is 5.32 Å². The molecule has 0 radical (unpaired) electrons. The normalized spacial score (nSPS) is 17.7. The number of nitrogens with two attached hydrogens (primary N) is 1. The Labute approximate surface area is 131 Å². The number of fused-ring (bicyclic) bond motifs is 1. The van der Waals surface area contributed by atoms with E-state index < -0.39 is 41.9 Å². The zero-order chi connectivity index (χ0) is 17.4. The molecule has 1 atom stereocenters. The molecule has 1 aromatic rings. The first-order chi connectivity index (χ1) is 10.5. The predicted molar refractivity (Wildman–Crippen MR) is 77.9 cm³/mol. The van der Waals surface area contributed by atoms with E-state index in [1.165, 1.54) is 6.92 Å². The summed E-state index contributed by atoms with van der Waals surface area (Å²) in [5, 5.41) is 18.6. The molecular formula is C10H13N3O8S2. The Kier molecular flexibility index (Phi) is 4.48. The molecule has 0 aliphatic carbocycles. The van der Waals surface area contributed by atoms with Crippen LogP contribution >= 0.6 is 0 Å². The first kappa shape index (κ1) is 17.4. The van der Waals surface area contributed by atoms with Crippen LogP contribution in [-0.2, 0) is 24.3 Å². The van der Waals surface area contributed by atoms with Crippen LogP contribution in [0.15, 0.2) is 17.0 Å². The molecule has 1 aliphatic rings. The standard InChI is InChI=1S/C10H13N3O8S2/c1-2-22(16,17)21-9-5-20-8-4-6(23(11,18)19)3-7(13(14)15)10(8)12-9/h3-4,9,12H,2,5H2,1H3,(H2,11,18,19)/t9-/m0/s1. The van der Waals surface area contributed by atoms with Crippen molar-refractivity contribution in [3.8, 4) is 5.75 Å². The van der Waals surface area contributed by atoms with Crippen LogP contribution in [0.3, 0.4) is 0 Å². The Bertz CT molecular complexity index is 849. The highest BCUT2D eigenvalue weighted by molar-refractivity contribution is 7.89. The molecule has 0 fully saturated rings. The third-order valence-corrected chi connectivity index (χ3v) is 5.02. The van der Waals surface area contributed by atoms with Crippen molar-refractivity contribution in [3.63, 3.8) is 0 Å². The van der Waals surface area contributed by atoms with E-state index >= 15 is 0 Å². The molecule has 0 bridgehead atoms. The summed E-state index contributed by atoms with van der Waals surface area (Å²) >= 11 is 0. The van der Waals surface area contributed by atoms with Gasteiger partial charge in [-0.2, -0.15) is 8.42 Å². The fourth-order valence-corrected chi connectivity index (χ4v) is 2.95. The van der Waals surface area contributed by atoms with Gasteiger partial charge in [0.1, 0.15) is 6.61 Å². The fourth-order valence-electron chi connectivity index (χ4n) is 1.81. The summed E-state index contributed by atoms with van der Waals surface area (Å²) in [5.41, 5.74) is -0.821. The second-order valence-electron chi connectivity index (χ2n) is 4.50. The highest BCUT2D eigenvalue weighted by Crippen LogP contribution is 2.40. The van der Waals surface area contributed by atoms with Crippen LogP contribution in [0, 0.1) is 10.1 Å². The van der Waals surface area contributed by atoms with E-state index in [9.17, 15) is 26.9 Å². The van der Waals surface area contributed by atoms with Gasteiger partial charge in [0, 0.05) is 12.1 Å². The first-order valence-corrected chi connectivity index (χ1v) is 9.31. The zero-order valence-electron chi connectivity index (χ0n) is 11.8. The van der Waals surface area contributed by atoms with Gasteiger partial charge in [0.25, 0.3) is 15.8 Å². The van der Waals surface area contributed by atoms with Crippen LogP contribution in [0.4, 0.5) is 11.4 Å². The number of nitro benzene ring substituents is 1. The number of hydrogen-bond donors (Lipinski definition) is 2.